The van der Waals surface area contributed by atoms with E-state index in [9.17, 15) is 14.4 Å². The monoisotopic (exact) mass is 419 g/mol. The highest BCUT2D eigenvalue weighted by molar-refractivity contribution is 5.99. The van der Waals surface area contributed by atoms with E-state index in [0.717, 1.165) is 0 Å². The minimum absolute atomic E-state index is 0.0810. The third-order valence-corrected chi connectivity index (χ3v) is 5.37. The summed E-state index contributed by atoms with van der Waals surface area (Å²) in [7, 11) is 3.34. The van der Waals surface area contributed by atoms with Crippen molar-refractivity contribution in [2.24, 2.45) is 0 Å². The second-order valence-corrected chi connectivity index (χ2v) is 7.61. The first-order valence-electron chi connectivity index (χ1n) is 10.1. The van der Waals surface area contributed by atoms with Crippen LogP contribution >= 0.6 is 0 Å². The first-order chi connectivity index (χ1) is 14.4. The van der Waals surface area contributed by atoms with Crippen molar-refractivity contribution in [3.63, 3.8) is 0 Å². The number of anilines is 1. The van der Waals surface area contributed by atoms with Gasteiger partial charge in [0.1, 0.15) is 18.5 Å². The van der Waals surface area contributed by atoms with Crippen LogP contribution in [-0.2, 0) is 19.1 Å². The quantitative estimate of drug-likeness (QED) is 0.671. The summed E-state index contributed by atoms with van der Waals surface area (Å²) in [4.78, 5) is 38.2. The van der Waals surface area contributed by atoms with Crippen LogP contribution in [0.25, 0.3) is 0 Å². The zero-order valence-electron chi connectivity index (χ0n) is 17.6. The Labute approximate surface area is 176 Å². The fourth-order valence-electron chi connectivity index (χ4n) is 3.88. The molecule has 30 heavy (non-hydrogen) atoms. The fraction of sp³-hybridized carbons (Fsp3) is 0.571. The Balaban J connectivity index is 1.69. The molecule has 2 aliphatic rings. The number of methoxy groups -OCH3 is 1. The van der Waals surface area contributed by atoms with Gasteiger partial charge in [-0.25, -0.2) is 0 Å². The Kier molecular flexibility index (Phi) is 7.28. The summed E-state index contributed by atoms with van der Waals surface area (Å²) in [5.74, 6) is -0.0307. The van der Waals surface area contributed by atoms with Crippen molar-refractivity contribution in [1.29, 1.82) is 0 Å². The van der Waals surface area contributed by atoms with Gasteiger partial charge in [0.2, 0.25) is 11.8 Å². The van der Waals surface area contributed by atoms with Crippen molar-refractivity contribution in [3.05, 3.63) is 23.8 Å². The summed E-state index contributed by atoms with van der Waals surface area (Å²) in [6, 6.07) is 4.85. The Hall–Kier alpha value is -2.65. The molecule has 0 spiro atoms. The third kappa shape index (κ3) is 5.28. The molecular weight excluding hydrogens is 390 g/mol. The summed E-state index contributed by atoms with van der Waals surface area (Å²) >= 11 is 0. The van der Waals surface area contributed by atoms with Gasteiger partial charge in [-0.3, -0.25) is 14.4 Å². The topological polar surface area (TPSA) is 106 Å². The van der Waals surface area contributed by atoms with Gasteiger partial charge >= 0.3 is 0 Å². The lowest BCUT2D eigenvalue weighted by Gasteiger charge is -2.42. The molecule has 9 heteroatoms. The maximum Gasteiger partial charge on any atom is 0.257 e. The lowest BCUT2D eigenvalue weighted by Crippen LogP contribution is -2.54. The SMILES string of the molecule is COCCNC(=O)C[C@H]1CC[C@@H]2[C@@H](COc3ccc(NC(C)=O)cc3C(=O)N2C)O1. The fourth-order valence-corrected chi connectivity index (χ4v) is 3.88. The number of hydrogen-bond donors (Lipinski definition) is 2. The van der Waals surface area contributed by atoms with Crippen LogP contribution < -0.4 is 15.4 Å². The highest BCUT2D eigenvalue weighted by Crippen LogP contribution is 2.32. The number of carbonyl (C=O) groups excluding carboxylic acids is 3. The molecule has 0 aliphatic carbocycles. The van der Waals surface area contributed by atoms with Gasteiger partial charge in [0.05, 0.1) is 30.7 Å². The van der Waals surface area contributed by atoms with Crippen LogP contribution in [0.5, 0.6) is 5.75 Å². The lowest BCUT2D eigenvalue weighted by atomic mass is 9.94. The minimum Gasteiger partial charge on any atom is -0.490 e. The molecule has 0 unspecified atom stereocenters. The Morgan fingerprint density at radius 3 is 2.83 bits per heavy atom. The number of nitrogens with zero attached hydrogens (tertiary/aromatic N) is 1. The molecule has 0 bridgehead atoms. The van der Waals surface area contributed by atoms with E-state index >= 15 is 0 Å². The van der Waals surface area contributed by atoms with Crippen LogP contribution in [0.2, 0.25) is 0 Å². The van der Waals surface area contributed by atoms with Crippen molar-refractivity contribution in [2.75, 3.05) is 39.2 Å². The van der Waals surface area contributed by atoms with Gasteiger partial charge in [-0.05, 0) is 31.0 Å². The molecule has 2 aliphatic heterocycles. The first-order valence-corrected chi connectivity index (χ1v) is 10.1. The minimum atomic E-state index is -0.326. The molecule has 2 heterocycles. The molecule has 3 amide bonds. The van der Waals surface area contributed by atoms with E-state index < -0.39 is 0 Å². The number of carbonyl (C=O) groups is 3. The van der Waals surface area contributed by atoms with Crippen LogP contribution in [0, 0.1) is 0 Å². The second kappa shape index (κ2) is 9.90. The number of hydrogen-bond acceptors (Lipinski definition) is 6. The molecule has 3 rings (SSSR count). The normalized spacial score (nSPS) is 23.4. The molecule has 0 aromatic heterocycles. The van der Waals surface area contributed by atoms with Gasteiger partial charge in [-0.2, -0.15) is 0 Å². The molecule has 1 saturated heterocycles. The van der Waals surface area contributed by atoms with Crippen molar-refractivity contribution in [1.82, 2.24) is 10.2 Å². The van der Waals surface area contributed by atoms with Crippen LogP contribution in [0.1, 0.15) is 36.5 Å². The predicted octanol–water partition coefficient (Wildman–Crippen LogP) is 1.18. The number of benzene rings is 1. The van der Waals surface area contributed by atoms with Crippen molar-refractivity contribution < 1.29 is 28.6 Å². The van der Waals surface area contributed by atoms with Crippen molar-refractivity contribution in [2.45, 2.75) is 44.4 Å². The van der Waals surface area contributed by atoms with Gasteiger partial charge < -0.3 is 29.7 Å². The summed E-state index contributed by atoms with van der Waals surface area (Å²) in [5, 5.41) is 5.49. The van der Waals surface area contributed by atoms with E-state index in [1.54, 1.807) is 37.3 Å². The third-order valence-electron chi connectivity index (χ3n) is 5.37. The zero-order valence-corrected chi connectivity index (χ0v) is 17.6. The molecule has 0 radical (unpaired) electrons. The summed E-state index contributed by atoms with van der Waals surface area (Å²) in [6.07, 6.45) is 1.11. The summed E-state index contributed by atoms with van der Waals surface area (Å²) < 4.78 is 17.0. The lowest BCUT2D eigenvalue weighted by molar-refractivity contribution is -0.134. The second-order valence-electron chi connectivity index (χ2n) is 7.61. The Bertz CT molecular complexity index is 799. The van der Waals surface area contributed by atoms with Gasteiger partial charge in [0.25, 0.3) is 5.91 Å². The highest BCUT2D eigenvalue weighted by Gasteiger charge is 2.39. The van der Waals surface area contributed by atoms with Gasteiger partial charge in [-0.15, -0.1) is 0 Å². The average molecular weight is 419 g/mol. The number of ether oxygens (including phenoxy) is 3. The molecule has 164 valence electrons. The molecule has 2 N–H and O–H groups in total. The first kappa shape index (κ1) is 22.0. The van der Waals surface area contributed by atoms with E-state index in [1.807, 2.05) is 0 Å². The number of rotatable bonds is 6. The highest BCUT2D eigenvalue weighted by atomic mass is 16.5. The molecule has 3 atom stereocenters. The standard InChI is InChI=1S/C21H29N3O6/c1-13(25)23-14-4-7-18-16(10-14)21(27)24(2)17-6-5-15(30-19(17)12-29-18)11-20(26)22-8-9-28-3/h4,7,10,15,17,19H,5-6,8-9,11-12H2,1-3H3,(H,22,26)(H,23,25)/t15-,17-,19-/m1/s1. The molecule has 1 aromatic carbocycles. The van der Waals surface area contributed by atoms with E-state index in [-0.39, 0.29) is 49.0 Å². The molecule has 1 fully saturated rings. The van der Waals surface area contributed by atoms with Crippen LogP contribution in [0.3, 0.4) is 0 Å². The molecular formula is C21H29N3O6. The van der Waals surface area contributed by atoms with Crippen LogP contribution in [0.15, 0.2) is 18.2 Å². The van der Waals surface area contributed by atoms with Gasteiger partial charge in [0.15, 0.2) is 0 Å². The van der Waals surface area contributed by atoms with Gasteiger partial charge in [-0.1, -0.05) is 0 Å². The summed E-state index contributed by atoms with van der Waals surface area (Å²) in [5.41, 5.74) is 0.949. The van der Waals surface area contributed by atoms with Crippen molar-refractivity contribution >= 4 is 23.4 Å². The number of nitrogens with one attached hydrogen (secondary N) is 2. The van der Waals surface area contributed by atoms with Crippen molar-refractivity contribution in [3.8, 4) is 5.75 Å². The molecule has 9 nitrogen and oxygen atoms in total. The average Bonchev–Trinajstić information content (AvgIpc) is 2.71. The van der Waals surface area contributed by atoms with Crippen LogP contribution in [-0.4, -0.2) is 74.8 Å². The predicted molar refractivity (Wildman–Crippen MR) is 110 cm³/mol. The van der Waals surface area contributed by atoms with E-state index in [4.69, 9.17) is 14.2 Å². The maximum absolute atomic E-state index is 13.1. The Morgan fingerprint density at radius 2 is 2.10 bits per heavy atom. The van der Waals surface area contributed by atoms with Gasteiger partial charge in [0, 0.05) is 33.3 Å². The number of fused-ring (bicyclic) bond motifs is 2. The molecule has 1 aromatic rings. The number of amides is 3. The smallest absolute Gasteiger partial charge is 0.257 e. The maximum atomic E-state index is 13.1. The van der Waals surface area contributed by atoms with E-state index in [0.29, 0.717) is 43.0 Å². The largest absolute Gasteiger partial charge is 0.490 e. The number of likely N-dealkylation sites (N-methyl/N-ethyl adjacent to an activating group) is 1. The summed E-state index contributed by atoms with van der Waals surface area (Å²) in [6.45, 7) is 2.62. The van der Waals surface area contributed by atoms with Crippen LogP contribution in [0.4, 0.5) is 5.69 Å². The Morgan fingerprint density at radius 1 is 1.30 bits per heavy atom. The van der Waals surface area contributed by atoms with E-state index in [2.05, 4.69) is 10.6 Å². The molecule has 0 saturated carbocycles. The van der Waals surface area contributed by atoms with E-state index in [1.165, 1.54) is 6.92 Å². The zero-order chi connectivity index (χ0) is 21.7.